The first-order chi connectivity index (χ1) is 13.3. The van der Waals surface area contributed by atoms with Crippen molar-refractivity contribution in [1.29, 1.82) is 0 Å². The van der Waals surface area contributed by atoms with Gasteiger partial charge in [-0.25, -0.2) is 4.98 Å². The van der Waals surface area contributed by atoms with Crippen molar-refractivity contribution in [3.05, 3.63) is 58.9 Å². The van der Waals surface area contributed by atoms with Gasteiger partial charge in [-0.05, 0) is 68.1 Å². The smallest absolute Gasteiger partial charge is 0.294 e. The second-order valence-electron chi connectivity index (χ2n) is 7.68. The zero-order chi connectivity index (χ0) is 19.9. The fraction of sp³-hybridized carbons (Fsp3) is 0.381. The minimum absolute atomic E-state index is 0.120. The Hall–Kier alpha value is -2.22. The third-order valence-corrected chi connectivity index (χ3v) is 6.51. The topological polar surface area (TPSA) is 86.3 Å². The number of benzene rings is 2. The summed E-state index contributed by atoms with van der Waals surface area (Å²) >= 11 is 0. The van der Waals surface area contributed by atoms with E-state index >= 15 is 0 Å². The molecule has 0 bridgehead atoms. The van der Waals surface area contributed by atoms with Crippen LogP contribution in [-0.4, -0.2) is 34.4 Å². The van der Waals surface area contributed by atoms with E-state index in [1.165, 1.54) is 28.8 Å². The van der Waals surface area contributed by atoms with E-state index in [0.717, 1.165) is 38.2 Å². The summed E-state index contributed by atoms with van der Waals surface area (Å²) in [5.41, 5.74) is 5.22. The number of likely N-dealkylation sites (tertiary alicyclic amines) is 1. The van der Waals surface area contributed by atoms with Gasteiger partial charge in [-0.1, -0.05) is 24.6 Å². The number of aryl methyl sites for hydroxylation is 2. The summed E-state index contributed by atoms with van der Waals surface area (Å²) in [4.78, 5) is 10.3. The van der Waals surface area contributed by atoms with Crippen molar-refractivity contribution in [3.63, 3.8) is 0 Å². The van der Waals surface area contributed by atoms with Crippen molar-refractivity contribution in [2.45, 2.75) is 50.6 Å². The van der Waals surface area contributed by atoms with Crippen LogP contribution in [0.5, 0.6) is 0 Å². The van der Waals surface area contributed by atoms with Crippen LogP contribution in [0.25, 0.3) is 11.0 Å². The van der Waals surface area contributed by atoms with Crippen LogP contribution in [0.3, 0.4) is 0 Å². The van der Waals surface area contributed by atoms with E-state index in [2.05, 4.69) is 41.9 Å². The number of H-pyrrole nitrogens is 1. The SMILES string of the molecule is Cc1ccc(CN2CCCCC2c2nc3ccc(S(=O)(=O)O)cc3[nH]2)cc1C. The highest BCUT2D eigenvalue weighted by Gasteiger charge is 2.27. The van der Waals surface area contributed by atoms with E-state index in [-0.39, 0.29) is 10.9 Å². The van der Waals surface area contributed by atoms with Crippen molar-refractivity contribution >= 4 is 21.2 Å². The molecule has 148 valence electrons. The summed E-state index contributed by atoms with van der Waals surface area (Å²) in [6, 6.07) is 11.2. The zero-order valence-electron chi connectivity index (χ0n) is 16.1. The number of fused-ring (bicyclic) bond motifs is 1. The molecular formula is C21H25N3O3S. The van der Waals surface area contributed by atoms with Crippen LogP contribution >= 0.6 is 0 Å². The molecule has 7 heteroatoms. The van der Waals surface area contributed by atoms with Crippen LogP contribution in [0.1, 0.15) is 47.8 Å². The Kier molecular flexibility index (Phi) is 4.99. The highest BCUT2D eigenvalue weighted by Crippen LogP contribution is 2.32. The lowest BCUT2D eigenvalue weighted by Crippen LogP contribution is -2.33. The average molecular weight is 400 g/mol. The Bertz CT molecular complexity index is 1120. The second-order valence-corrected chi connectivity index (χ2v) is 9.10. The van der Waals surface area contributed by atoms with Gasteiger partial charge in [0.05, 0.1) is 22.0 Å². The number of hydrogen-bond acceptors (Lipinski definition) is 4. The Morgan fingerprint density at radius 2 is 1.96 bits per heavy atom. The lowest BCUT2D eigenvalue weighted by atomic mass is 9.99. The van der Waals surface area contributed by atoms with E-state index in [1.54, 1.807) is 6.07 Å². The van der Waals surface area contributed by atoms with Crippen LogP contribution in [0, 0.1) is 13.8 Å². The van der Waals surface area contributed by atoms with Gasteiger partial charge in [-0.15, -0.1) is 0 Å². The molecule has 0 amide bonds. The first-order valence-corrected chi connectivity index (χ1v) is 11.0. The fourth-order valence-electron chi connectivity index (χ4n) is 3.95. The van der Waals surface area contributed by atoms with Crippen LogP contribution in [0.4, 0.5) is 0 Å². The van der Waals surface area contributed by atoms with Crippen molar-refractivity contribution in [2.75, 3.05) is 6.54 Å². The second kappa shape index (κ2) is 7.31. The molecule has 4 rings (SSSR count). The molecule has 1 unspecified atom stereocenters. The van der Waals surface area contributed by atoms with Crippen molar-refractivity contribution < 1.29 is 13.0 Å². The molecule has 2 N–H and O–H groups in total. The van der Waals surface area contributed by atoms with Crippen LogP contribution in [-0.2, 0) is 16.7 Å². The van der Waals surface area contributed by atoms with E-state index < -0.39 is 10.1 Å². The van der Waals surface area contributed by atoms with Gasteiger partial charge in [0.1, 0.15) is 5.82 Å². The van der Waals surface area contributed by atoms with Gasteiger partial charge < -0.3 is 4.98 Å². The lowest BCUT2D eigenvalue weighted by molar-refractivity contribution is 0.134. The molecule has 28 heavy (non-hydrogen) atoms. The average Bonchev–Trinajstić information content (AvgIpc) is 3.07. The molecule has 0 radical (unpaired) electrons. The zero-order valence-corrected chi connectivity index (χ0v) is 17.0. The summed E-state index contributed by atoms with van der Waals surface area (Å²) in [6.45, 7) is 6.13. The van der Waals surface area contributed by atoms with Crippen molar-refractivity contribution in [2.24, 2.45) is 0 Å². The number of rotatable bonds is 4. The minimum atomic E-state index is -4.23. The predicted molar refractivity (Wildman–Crippen MR) is 109 cm³/mol. The quantitative estimate of drug-likeness (QED) is 0.644. The van der Waals surface area contributed by atoms with Gasteiger partial charge in [0.25, 0.3) is 10.1 Å². The molecule has 1 aromatic heterocycles. The summed E-state index contributed by atoms with van der Waals surface area (Å²) in [5, 5.41) is 0. The Morgan fingerprint density at radius 1 is 1.14 bits per heavy atom. The van der Waals surface area contributed by atoms with E-state index in [4.69, 9.17) is 4.98 Å². The van der Waals surface area contributed by atoms with Gasteiger partial charge >= 0.3 is 0 Å². The third kappa shape index (κ3) is 3.83. The molecule has 1 atom stereocenters. The molecule has 3 aromatic rings. The summed E-state index contributed by atoms with van der Waals surface area (Å²) in [6.07, 6.45) is 3.31. The molecule has 0 aliphatic carbocycles. The maximum atomic E-state index is 11.4. The van der Waals surface area contributed by atoms with Gasteiger partial charge in [0.2, 0.25) is 0 Å². The van der Waals surface area contributed by atoms with Gasteiger partial charge in [-0.2, -0.15) is 8.42 Å². The largest absolute Gasteiger partial charge is 0.341 e. The molecule has 2 heterocycles. The Morgan fingerprint density at radius 3 is 2.71 bits per heavy atom. The van der Waals surface area contributed by atoms with E-state index in [0.29, 0.717) is 11.0 Å². The molecule has 0 saturated carbocycles. The standard InChI is InChI=1S/C21H25N3O3S/c1-14-6-7-16(11-15(14)2)13-24-10-4-3-5-20(24)21-22-18-9-8-17(28(25,26)27)12-19(18)23-21/h6-9,11-12,20H,3-5,10,13H2,1-2H3,(H,22,23)(H,25,26,27). The number of piperidine rings is 1. The number of hydrogen-bond donors (Lipinski definition) is 2. The predicted octanol–water partition coefficient (Wildman–Crippen LogP) is 4.15. The monoisotopic (exact) mass is 399 g/mol. The molecule has 2 aromatic carbocycles. The van der Waals surface area contributed by atoms with Gasteiger partial charge in [-0.3, -0.25) is 9.45 Å². The molecule has 1 aliphatic rings. The number of nitrogens with zero attached hydrogens (tertiary/aromatic N) is 2. The fourth-order valence-corrected chi connectivity index (χ4v) is 4.46. The maximum Gasteiger partial charge on any atom is 0.294 e. The summed E-state index contributed by atoms with van der Waals surface area (Å²) in [7, 11) is -4.23. The molecule has 6 nitrogen and oxygen atoms in total. The highest BCUT2D eigenvalue weighted by molar-refractivity contribution is 7.85. The van der Waals surface area contributed by atoms with Crippen molar-refractivity contribution in [1.82, 2.24) is 14.9 Å². The normalized spacial score (nSPS) is 18.6. The molecule has 0 spiro atoms. The first-order valence-electron chi connectivity index (χ1n) is 9.58. The molecule has 1 aliphatic heterocycles. The van der Waals surface area contributed by atoms with Crippen LogP contribution in [0.15, 0.2) is 41.3 Å². The van der Waals surface area contributed by atoms with Crippen LogP contribution in [0.2, 0.25) is 0 Å². The van der Waals surface area contributed by atoms with Gasteiger partial charge in [0, 0.05) is 6.54 Å². The minimum Gasteiger partial charge on any atom is -0.341 e. The number of aromatic amines is 1. The first kappa shape index (κ1) is 19.1. The number of nitrogens with one attached hydrogen (secondary N) is 1. The van der Waals surface area contributed by atoms with Crippen molar-refractivity contribution in [3.8, 4) is 0 Å². The molecule has 1 fully saturated rings. The molecular weight excluding hydrogens is 374 g/mol. The number of imidazole rings is 1. The van der Waals surface area contributed by atoms with E-state index in [1.807, 2.05) is 0 Å². The highest BCUT2D eigenvalue weighted by atomic mass is 32.2. The van der Waals surface area contributed by atoms with E-state index in [9.17, 15) is 13.0 Å². The summed E-state index contributed by atoms with van der Waals surface area (Å²) < 4.78 is 32.1. The Balaban J connectivity index is 1.64. The lowest BCUT2D eigenvalue weighted by Gasteiger charge is -2.34. The summed E-state index contributed by atoms with van der Waals surface area (Å²) in [5.74, 6) is 0.853. The maximum absolute atomic E-state index is 11.4. The number of aromatic nitrogens is 2. The Labute approximate surface area is 165 Å². The molecule has 1 saturated heterocycles. The van der Waals surface area contributed by atoms with Crippen LogP contribution < -0.4 is 0 Å². The third-order valence-electron chi connectivity index (χ3n) is 5.66. The van der Waals surface area contributed by atoms with Gasteiger partial charge in [0.15, 0.2) is 0 Å².